The summed E-state index contributed by atoms with van der Waals surface area (Å²) in [5.74, 6) is -3.96. The summed E-state index contributed by atoms with van der Waals surface area (Å²) in [4.78, 5) is 54.8. The van der Waals surface area contributed by atoms with Crippen LogP contribution in [0.25, 0.3) is 0 Å². The highest BCUT2D eigenvalue weighted by Crippen LogP contribution is 2.49. The zero-order valence-electron chi connectivity index (χ0n) is 20.5. The molecule has 0 spiro atoms. The molecule has 1 aliphatic rings. The number of alkyl halides is 3. The molecule has 15 heteroatoms. The lowest BCUT2D eigenvalue weighted by molar-refractivity contribution is -0.275. The van der Waals surface area contributed by atoms with Gasteiger partial charge in [0.2, 0.25) is 5.78 Å². The Morgan fingerprint density at radius 3 is 2.27 bits per heavy atom. The molecule has 0 saturated carbocycles. The van der Waals surface area contributed by atoms with Crippen molar-refractivity contribution in [3.05, 3.63) is 90.6 Å². The summed E-state index contributed by atoms with van der Waals surface area (Å²) in [7, 11) is 0. The molecule has 4 rings (SSSR count). The Bertz CT molecular complexity index is 1620. The summed E-state index contributed by atoms with van der Waals surface area (Å²) < 4.78 is 62.2. The van der Waals surface area contributed by atoms with E-state index in [0.29, 0.717) is 12.1 Å². The number of hydrogen-bond acceptors (Lipinski definition) is 7. The second kappa shape index (κ2) is 10.5. The molecule has 0 aliphatic carbocycles. The Balaban J connectivity index is 1.55. The minimum absolute atomic E-state index is 0.0472. The van der Waals surface area contributed by atoms with Gasteiger partial charge >= 0.3 is 6.18 Å². The van der Waals surface area contributed by atoms with E-state index in [-0.39, 0.29) is 23.2 Å². The first-order valence-corrected chi connectivity index (χ1v) is 12.1. The van der Waals surface area contributed by atoms with Crippen LogP contribution in [-0.2, 0) is 17.0 Å². The van der Waals surface area contributed by atoms with E-state index in [4.69, 9.17) is 32.6 Å². The first-order valence-electron chi connectivity index (χ1n) is 11.4. The number of amides is 2. The molecule has 9 nitrogen and oxygen atoms in total. The maximum absolute atomic E-state index is 14.2. The maximum Gasteiger partial charge on any atom is 0.435 e. The maximum atomic E-state index is 14.2. The number of halogens is 6. The van der Waals surface area contributed by atoms with Crippen LogP contribution in [0.1, 0.15) is 55.5 Å². The molecule has 1 atom stereocenters. The van der Waals surface area contributed by atoms with Crippen molar-refractivity contribution in [3.8, 4) is 0 Å². The lowest BCUT2D eigenvalue weighted by Crippen LogP contribution is -2.43. The standard InChI is InChI=1S/C25H17Cl2F4N3O6/c1-3-34-23(38)15(10-39-34)22(37)32-21(36)14-5-4-12(6-11(14)2)20(35)18-9-24(40-33-18,25(29,30)31)13-7-16(26)19(28)17(27)8-13/h4-8,10H,3,9H2,1-2H3,(H,32,36,37)/t24-/m0/s1. The number of rotatable bonds is 6. The van der Waals surface area contributed by atoms with Crippen LogP contribution < -0.4 is 10.9 Å². The quantitative estimate of drug-likeness (QED) is 0.179. The predicted octanol–water partition coefficient (Wildman–Crippen LogP) is 5.20. The van der Waals surface area contributed by atoms with Gasteiger partial charge in [-0.05, 0) is 43.7 Å². The van der Waals surface area contributed by atoms with Gasteiger partial charge in [-0.15, -0.1) is 0 Å². The third-order valence-corrected chi connectivity index (χ3v) is 6.70. The number of aryl methyl sites for hydroxylation is 2. The largest absolute Gasteiger partial charge is 0.435 e. The van der Waals surface area contributed by atoms with Crippen LogP contribution in [0.5, 0.6) is 0 Å². The van der Waals surface area contributed by atoms with Gasteiger partial charge in [0.1, 0.15) is 17.5 Å². The van der Waals surface area contributed by atoms with E-state index in [1.54, 1.807) is 6.92 Å². The minimum Gasteiger partial charge on any atom is -0.383 e. The molecule has 210 valence electrons. The molecule has 40 heavy (non-hydrogen) atoms. The van der Waals surface area contributed by atoms with Crippen LogP contribution in [0.4, 0.5) is 17.6 Å². The normalized spacial score (nSPS) is 16.9. The molecular formula is C25H17Cl2F4N3O6. The molecular weight excluding hydrogens is 585 g/mol. The number of nitrogens with one attached hydrogen (secondary N) is 1. The fourth-order valence-corrected chi connectivity index (χ4v) is 4.48. The Kier molecular flexibility index (Phi) is 7.65. The molecule has 0 unspecified atom stereocenters. The van der Waals surface area contributed by atoms with E-state index in [1.165, 1.54) is 19.1 Å². The number of hydrogen-bond donors (Lipinski definition) is 1. The van der Waals surface area contributed by atoms with Crippen LogP contribution >= 0.6 is 23.2 Å². The van der Waals surface area contributed by atoms with E-state index in [9.17, 15) is 36.7 Å². The molecule has 1 aliphatic heterocycles. The van der Waals surface area contributed by atoms with Crippen molar-refractivity contribution in [1.29, 1.82) is 0 Å². The van der Waals surface area contributed by atoms with Gasteiger partial charge in [0, 0.05) is 16.7 Å². The number of aromatic nitrogens is 1. The predicted molar refractivity (Wildman–Crippen MR) is 133 cm³/mol. The number of carbonyl (C=O) groups is 3. The van der Waals surface area contributed by atoms with Crippen molar-refractivity contribution in [2.24, 2.45) is 5.16 Å². The number of nitrogens with zero attached hydrogens (tertiary/aromatic N) is 2. The van der Waals surface area contributed by atoms with E-state index in [0.717, 1.165) is 17.1 Å². The summed E-state index contributed by atoms with van der Waals surface area (Å²) in [6.45, 7) is 3.21. The van der Waals surface area contributed by atoms with Crippen LogP contribution in [0.15, 0.2) is 51.1 Å². The fourth-order valence-electron chi connectivity index (χ4n) is 4.00. The average Bonchev–Trinajstić information content (AvgIpc) is 3.51. The molecule has 1 N–H and O–H groups in total. The zero-order chi connectivity index (χ0) is 29.6. The van der Waals surface area contributed by atoms with Crippen molar-refractivity contribution in [2.45, 2.75) is 38.6 Å². The van der Waals surface area contributed by atoms with Crippen LogP contribution in [0.2, 0.25) is 10.0 Å². The van der Waals surface area contributed by atoms with Crippen molar-refractivity contribution in [3.63, 3.8) is 0 Å². The third-order valence-electron chi connectivity index (χ3n) is 6.15. The van der Waals surface area contributed by atoms with Gasteiger partial charge in [0.15, 0.2) is 5.82 Å². The molecule has 2 amide bonds. The van der Waals surface area contributed by atoms with E-state index < -0.39 is 74.1 Å². The Morgan fingerprint density at radius 2 is 1.73 bits per heavy atom. The highest BCUT2D eigenvalue weighted by Gasteiger charge is 2.63. The van der Waals surface area contributed by atoms with Crippen LogP contribution in [0.3, 0.4) is 0 Å². The van der Waals surface area contributed by atoms with Crippen LogP contribution in [-0.4, -0.2) is 34.2 Å². The summed E-state index contributed by atoms with van der Waals surface area (Å²) in [6.07, 6.45) is -5.27. The molecule has 1 aromatic heterocycles. The van der Waals surface area contributed by atoms with Crippen LogP contribution in [0, 0.1) is 12.7 Å². The molecule has 2 heterocycles. The summed E-state index contributed by atoms with van der Waals surface area (Å²) in [6, 6.07) is 4.93. The van der Waals surface area contributed by atoms with E-state index in [2.05, 4.69) is 5.16 Å². The SMILES string of the molecule is CCn1occ(C(=O)NC(=O)c2ccc(C(=O)C3=NO[C@@](c4cc(Cl)c(F)c(Cl)c4)(C(F)(F)F)C3)cc2C)c1=O. The van der Waals surface area contributed by atoms with E-state index >= 15 is 0 Å². The lowest BCUT2D eigenvalue weighted by Gasteiger charge is -2.29. The van der Waals surface area contributed by atoms with Gasteiger partial charge in [0.25, 0.3) is 23.0 Å². The van der Waals surface area contributed by atoms with Gasteiger partial charge < -0.3 is 9.36 Å². The second-order valence-corrected chi connectivity index (χ2v) is 9.48. The topological polar surface area (TPSA) is 120 Å². The Hall–Kier alpha value is -3.97. The van der Waals surface area contributed by atoms with Gasteiger partial charge in [-0.1, -0.05) is 34.4 Å². The first-order chi connectivity index (χ1) is 18.7. The highest BCUT2D eigenvalue weighted by molar-refractivity contribution is 6.46. The van der Waals surface area contributed by atoms with Gasteiger partial charge in [-0.2, -0.15) is 17.9 Å². The highest BCUT2D eigenvalue weighted by atomic mass is 35.5. The number of benzene rings is 2. The zero-order valence-corrected chi connectivity index (χ0v) is 22.0. The van der Waals surface area contributed by atoms with Crippen molar-refractivity contribution in [1.82, 2.24) is 10.1 Å². The summed E-state index contributed by atoms with van der Waals surface area (Å²) in [5.41, 5.74) is -5.52. The third kappa shape index (κ3) is 5.02. The Morgan fingerprint density at radius 1 is 1.10 bits per heavy atom. The molecule has 0 fully saturated rings. The first kappa shape index (κ1) is 29.0. The average molecular weight is 602 g/mol. The second-order valence-electron chi connectivity index (χ2n) is 8.66. The fraction of sp³-hybridized carbons (Fsp3) is 0.240. The van der Waals surface area contributed by atoms with Crippen molar-refractivity contribution >= 4 is 46.5 Å². The number of imide groups is 1. The lowest BCUT2D eigenvalue weighted by atomic mass is 9.86. The molecule has 0 bridgehead atoms. The molecule has 0 radical (unpaired) electrons. The van der Waals surface area contributed by atoms with Gasteiger partial charge in [-0.25, -0.2) is 4.39 Å². The van der Waals surface area contributed by atoms with Crippen molar-refractivity contribution < 1.29 is 41.3 Å². The van der Waals surface area contributed by atoms with Gasteiger partial charge in [-0.3, -0.25) is 24.5 Å². The monoisotopic (exact) mass is 601 g/mol. The Labute approximate surface area is 232 Å². The number of Topliss-reactive ketones (excluding diaryl/α,β-unsaturated/α-hetero) is 1. The number of oxime groups is 1. The van der Waals surface area contributed by atoms with Crippen molar-refractivity contribution in [2.75, 3.05) is 0 Å². The van der Waals surface area contributed by atoms with Gasteiger partial charge in [0.05, 0.1) is 23.0 Å². The smallest absolute Gasteiger partial charge is 0.383 e. The summed E-state index contributed by atoms with van der Waals surface area (Å²) >= 11 is 11.4. The summed E-state index contributed by atoms with van der Waals surface area (Å²) in [5, 5.41) is 4.05. The van der Waals surface area contributed by atoms with E-state index in [1.807, 2.05) is 5.32 Å². The number of ketones is 1. The minimum atomic E-state index is -5.11. The molecule has 0 saturated heterocycles. The molecule has 3 aromatic rings. The molecule has 2 aromatic carbocycles. The number of carbonyl (C=O) groups excluding carboxylic acids is 3.